The van der Waals surface area contributed by atoms with E-state index in [0.29, 0.717) is 18.4 Å². The molecule has 4 heteroatoms. The molecule has 4 nitrogen and oxygen atoms in total. The van der Waals surface area contributed by atoms with Crippen LogP contribution in [0.2, 0.25) is 0 Å². The molecule has 0 unspecified atom stereocenters. The lowest BCUT2D eigenvalue weighted by molar-refractivity contribution is -0.150. The highest BCUT2D eigenvalue weighted by Crippen LogP contribution is 2.34. The number of carboxylic acid groups (broad SMARTS) is 1. The van der Waals surface area contributed by atoms with E-state index in [4.69, 9.17) is 0 Å². The Bertz CT molecular complexity index is 468. The van der Waals surface area contributed by atoms with Gasteiger partial charge in [0.25, 0.3) is 0 Å². The van der Waals surface area contributed by atoms with E-state index in [1.807, 2.05) is 6.08 Å². The molecule has 0 saturated heterocycles. The second-order valence-corrected chi connectivity index (χ2v) is 4.99. The maximum absolute atomic E-state index is 11.4. The zero-order chi connectivity index (χ0) is 13.9. The van der Waals surface area contributed by atoms with Gasteiger partial charge >= 0.3 is 5.97 Å². The third-order valence-corrected chi connectivity index (χ3v) is 3.67. The molecule has 0 fully saturated rings. The lowest BCUT2D eigenvalue weighted by atomic mass is 9.76. The van der Waals surface area contributed by atoms with Gasteiger partial charge in [0.15, 0.2) is 0 Å². The quantitative estimate of drug-likeness (QED) is 0.721. The Labute approximate surface area is 112 Å². The van der Waals surface area contributed by atoms with E-state index in [2.05, 4.69) is 0 Å². The topological polar surface area (TPSA) is 77.8 Å². The number of allylic oxidation sites excluding steroid dienone is 1. The molecular weight excluding hydrogens is 244 g/mol. The fraction of sp³-hybridized carbons (Fsp3) is 0.400. The van der Waals surface area contributed by atoms with Crippen molar-refractivity contribution in [2.75, 3.05) is 0 Å². The largest absolute Gasteiger partial charge is 0.481 e. The number of aliphatic hydroxyl groups excluding tert-OH is 1. The molecule has 0 aromatic heterocycles. The summed E-state index contributed by atoms with van der Waals surface area (Å²) in [6.07, 6.45) is 3.70. The summed E-state index contributed by atoms with van der Waals surface area (Å²) < 4.78 is 0. The van der Waals surface area contributed by atoms with Crippen LogP contribution in [-0.4, -0.2) is 33.0 Å². The molecular formula is C15H18O4. The van der Waals surface area contributed by atoms with E-state index >= 15 is 0 Å². The summed E-state index contributed by atoms with van der Waals surface area (Å²) in [7, 11) is 0. The normalized spacial score (nSPS) is 25.8. The first-order valence-corrected chi connectivity index (χ1v) is 6.38. The van der Waals surface area contributed by atoms with E-state index in [1.54, 1.807) is 36.4 Å². The zero-order valence-corrected chi connectivity index (χ0v) is 10.6. The molecule has 0 amide bonds. The lowest BCUT2D eigenvalue weighted by Crippen LogP contribution is -2.48. The van der Waals surface area contributed by atoms with Crippen LogP contribution in [0.3, 0.4) is 0 Å². The van der Waals surface area contributed by atoms with Crippen LogP contribution in [0.15, 0.2) is 42.5 Å². The van der Waals surface area contributed by atoms with Gasteiger partial charge in [0.2, 0.25) is 0 Å². The minimum absolute atomic E-state index is 0.283. The smallest absolute Gasteiger partial charge is 0.313 e. The van der Waals surface area contributed by atoms with Crippen LogP contribution in [0.5, 0.6) is 0 Å². The predicted octanol–water partition coefficient (Wildman–Crippen LogP) is 1.69. The van der Waals surface area contributed by atoms with Gasteiger partial charge in [-0.3, -0.25) is 4.79 Å². The van der Waals surface area contributed by atoms with Crippen molar-refractivity contribution in [2.24, 2.45) is 0 Å². The number of rotatable bonds is 4. The monoisotopic (exact) mass is 262 g/mol. The third kappa shape index (κ3) is 2.85. The van der Waals surface area contributed by atoms with Crippen LogP contribution in [-0.2, 0) is 4.79 Å². The van der Waals surface area contributed by atoms with Crippen molar-refractivity contribution in [2.45, 2.75) is 36.9 Å². The molecule has 1 aromatic rings. The Morgan fingerprint density at radius 3 is 2.42 bits per heavy atom. The Balaban J connectivity index is 2.29. The third-order valence-electron chi connectivity index (χ3n) is 3.67. The van der Waals surface area contributed by atoms with E-state index in [-0.39, 0.29) is 6.42 Å². The van der Waals surface area contributed by atoms with Gasteiger partial charge in [0, 0.05) is 0 Å². The first-order chi connectivity index (χ1) is 9.04. The molecule has 0 radical (unpaired) electrons. The van der Waals surface area contributed by atoms with E-state index in [0.717, 1.165) is 0 Å². The van der Waals surface area contributed by atoms with Crippen LogP contribution in [0.4, 0.5) is 0 Å². The highest BCUT2D eigenvalue weighted by atomic mass is 16.4. The second-order valence-electron chi connectivity index (χ2n) is 4.99. The average Bonchev–Trinajstić information content (AvgIpc) is 2.40. The van der Waals surface area contributed by atoms with E-state index < -0.39 is 23.6 Å². The summed E-state index contributed by atoms with van der Waals surface area (Å²) in [5.41, 5.74) is -0.862. The molecule has 0 heterocycles. The number of hydrogen-bond donors (Lipinski definition) is 3. The highest BCUT2D eigenvalue weighted by molar-refractivity contribution is 5.77. The molecule has 0 aliphatic heterocycles. The maximum Gasteiger partial charge on any atom is 0.313 e. The first-order valence-electron chi connectivity index (χ1n) is 6.38. The van der Waals surface area contributed by atoms with Crippen LogP contribution in [0.25, 0.3) is 0 Å². The Morgan fingerprint density at radius 2 is 1.89 bits per heavy atom. The number of aliphatic carboxylic acids is 1. The van der Waals surface area contributed by atoms with Gasteiger partial charge < -0.3 is 15.3 Å². The van der Waals surface area contributed by atoms with Crippen LogP contribution < -0.4 is 0 Å². The first kappa shape index (κ1) is 13.8. The minimum Gasteiger partial charge on any atom is -0.481 e. The molecule has 1 aromatic carbocycles. The van der Waals surface area contributed by atoms with Gasteiger partial charge in [-0.15, -0.1) is 0 Å². The van der Waals surface area contributed by atoms with Crippen molar-refractivity contribution >= 4 is 5.97 Å². The summed E-state index contributed by atoms with van der Waals surface area (Å²) in [5, 5.41) is 30.2. The number of carbonyl (C=O) groups is 1. The molecule has 1 aliphatic rings. The summed E-state index contributed by atoms with van der Waals surface area (Å²) >= 11 is 0. The van der Waals surface area contributed by atoms with Gasteiger partial charge in [-0.25, -0.2) is 0 Å². The molecule has 19 heavy (non-hydrogen) atoms. The number of carboxylic acids is 1. The number of hydrogen-bond acceptors (Lipinski definition) is 3. The molecule has 3 atom stereocenters. The van der Waals surface area contributed by atoms with E-state index in [9.17, 15) is 20.1 Å². The Morgan fingerprint density at radius 1 is 1.21 bits per heavy atom. The molecule has 1 aliphatic carbocycles. The van der Waals surface area contributed by atoms with Gasteiger partial charge in [0.05, 0.1) is 5.60 Å². The highest BCUT2D eigenvalue weighted by Gasteiger charge is 2.43. The average molecular weight is 262 g/mol. The van der Waals surface area contributed by atoms with Gasteiger partial charge in [-0.1, -0.05) is 42.5 Å². The van der Waals surface area contributed by atoms with Gasteiger partial charge in [-0.05, 0) is 24.8 Å². The predicted molar refractivity (Wildman–Crippen MR) is 70.8 cm³/mol. The van der Waals surface area contributed by atoms with Crippen LogP contribution in [0.1, 0.15) is 30.7 Å². The summed E-state index contributed by atoms with van der Waals surface area (Å²) in [5.74, 6) is -2.24. The summed E-state index contributed by atoms with van der Waals surface area (Å²) in [6.45, 7) is 0. The maximum atomic E-state index is 11.4. The molecule has 0 bridgehead atoms. The van der Waals surface area contributed by atoms with Crippen molar-refractivity contribution in [3.05, 3.63) is 48.0 Å². The summed E-state index contributed by atoms with van der Waals surface area (Å²) in [6, 6.07) is 8.55. The molecule has 2 rings (SSSR count). The van der Waals surface area contributed by atoms with Crippen LogP contribution in [0, 0.1) is 0 Å². The number of aliphatic hydroxyl groups is 2. The Kier molecular flexibility index (Phi) is 4.02. The zero-order valence-electron chi connectivity index (χ0n) is 10.6. The lowest BCUT2D eigenvalue weighted by Gasteiger charge is -2.37. The summed E-state index contributed by atoms with van der Waals surface area (Å²) in [4.78, 5) is 11.4. The second kappa shape index (κ2) is 5.55. The fourth-order valence-corrected chi connectivity index (χ4v) is 2.54. The van der Waals surface area contributed by atoms with Crippen molar-refractivity contribution < 1.29 is 20.1 Å². The van der Waals surface area contributed by atoms with Gasteiger partial charge in [-0.2, -0.15) is 0 Å². The van der Waals surface area contributed by atoms with Crippen molar-refractivity contribution in [3.63, 3.8) is 0 Å². The van der Waals surface area contributed by atoms with Crippen molar-refractivity contribution in [1.82, 2.24) is 0 Å². The Hall–Kier alpha value is -1.65. The van der Waals surface area contributed by atoms with E-state index in [1.165, 1.54) is 0 Å². The van der Waals surface area contributed by atoms with Crippen LogP contribution >= 0.6 is 0 Å². The molecule has 3 N–H and O–H groups in total. The standard InChI is InChI=1S/C15H18O4/c16-13(15(19)9-5-2-6-10-15)12(14(17)18)11-7-3-1-4-8-11/h1-5,7-8,12-13,16,19H,6,9-10H2,(H,17,18)/t12-,13-,15+/m0/s1. The molecule has 0 saturated carbocycles. The van der Waals surface area contributed by atoms with Crippen molar-refractivity contribution in [3.8, 4) is 0 Å². The fourth-order valence-electron chi connectivity index (χ4n) is 2.54. The minimum atomic E-state index is -1.37. The number of benzene rings is 1. The SMILES string of the molecule is O=C(O)[C@@H](c1ccccc1)[C@H](O)[C@@]1(O)CC=CCC1. The van der Waals surface area contributed by atoms with Gasteiger partial charge in [0.1, 0.15) is 12.0 Å². The van der Waals surface area contributed by atoms with Crippen molar-refractivity contribution in [1.29, 1.82) is 0 Å². The molecule has 0 spiro atoms. The molecule has 102 valence electrons.